The number of carbonyl (C=O) groups is 2. The predicted octanol–water partition coefficient (Wildman–Crippen LogP) is 2.86. The van der Waals surface area contributed by atoms with Crippen LogP contribution in [-0.4, -0.2) is 29.9 Å². The lowest BCUT2D eigenvalue weighted by Gasteiger charge is -2.19. The number of ether oxygens (including phenoxy) is 1. The summed E-state index contributed by atoms with van der Waals surface area (Å²) in [6.07, 6.45) is 3.26. The van der Waals surface area contributed by atoms with E-state index in [1.54, 1.807) is 4.90 Å². The highest BCUT2D eigenvalue weighted by atomic mass is 16.5. The van der Waals surface area contributed by atoms with E-state index in [0.717, 1.165) is 35.8 Å². The summed E-state index contributed by atoms with van der Waals surface area (Å²) in [6.45, 7) is 4.35. The number of fused-ring (bicyclic) bond motifs is 1. The van der Waals surface area contributed by atoms with Gasteiger partial charge in [-0.05, 0) is 37.8 Å². The molecule has 0 aliphatic carbocycles. The summed E-state index contributed by atoms with van der Waals surface area (Å²) < 4.78 is 10.7. The van der Waals surface area contributed by atoms with E-state index in [1.807, 2.05) is 26.0 Å². The van der Waals surface area contributed by atoms with Crippen LogP contribution in [-0.2, 0) is 20.9 Å². The summed E-state index contributed by atoms with van der Waals surface area (Å²) in [7, 11) is 0. The van der Waals surface area contributed by atoms with E-state index < -0.39 is 11.6 Å². The lowest BCUT2D eigenvalue weighted by Crippen LogP contribution is -2.35. The van der Waals surface area contributed by atoms with Crippen molar-refractivity contribution < 1.29 is 18.7 Å². The number of esters is 1. The number of nitrogens with zero attached hydrogens (tertiary/aromatic N) is 1. The normalized spacial score (nSPS) is 15.2. The number of hydrogen-bond acceptors (Lipinski definition) is 5. The molecule has 1 aliphatic rings. The van der Waals surface area contributed by atoms with Gasteiger partial charge < -0.3 is 14.1 Å². The second-order valence-corrected chi connectivity index (χ2v) is 6.76. The molecule has 138 valence electrons. The summed E-state index contributed by atoms with van der Waals surface area (Å²) in [6, 6.07) is 5.16. The van der Waals surface area contributed by atoms with Crippen LogP contribution in [0.25, 0.3) is 11.0 Å². The van der Waals surface area contributed by atoms with E-state index in [0.29, 0.717) is 24.1 Å². The highest BCUT2D eigenvalue weighted by molar-refractivity contribution is 5.85. The topological polar surface area (TPSA) is 76.8 Å². The first-order valence-electron chi connectivity index (χ1n) is 8.92. The number of rotatable bonds is 4. The van der Waals surface area contributed by atoms with E-state index in [9.17, 15) is 14.4 Å². The third-order valence-corrected chi connectivity index (χ3v) is 4.90. The molecule has 1 fully saturated rings. The Labute approximate surface area is 151 Å². The molecule has 0 unspecified atom stereocenters. The Bertz CT molecular complexity index is 899. The Morgan fingerprint density at radius 1 is 1.19 bits per heavy atom. The molecule has 3 rings (SSSR count). The van der Waals surface area contributed by atoms with E-state index in [-0.39, 0.29) is 19.1 Å². The molecule has 0 spiro atoms. The highest BCUT2D eigenvalue weighted by Crippen LogP contribution is 2.23. The molecule has 2 heterocycles. The first-order chi connectivity index (χ1) is 12.5. The molecule has 1 aromatic carbocycles. The fraction of sp³-hybridized carbons (Fsp3) is 0.450. The lowest BCUT2D eigenvalue weighted by atomic mass is 10.0. The first-order valence-corrected chi connectivity index (χ1v) is 8.92. The van der Waals surface area contributed by atoms with Crippen LogP contribution in [0.15, 0.2) is 27.4 Å². The lowest BCUT2D eigenvalue weighted by molar-refractivity contribution is -0.150. The molecule has 0 radical (unpaired) electrons. The molecule has 1 amide bonds. The van der Waals surface area contributed by atoms with Gasteiger partial charge in [-0.3, -0.25) is 9.59 Å². The molecule has 0 N–H and O–H groups in total. The Kier molecular flexibility index (Phi) is 5.40. The molecule has 1 aliphatic heterocycles. The Balaban J connectivity index is 1.73. The smallest absolute Gasteiger partial charge is 0.336 e. The van der Waals surface area contributed by atoms with Gasteiger partial charge in [-0.2, -0.15) is 0 Å². The number of carbonyl (C=O) groups excluding carboxylic acids is 2. The summed E-state index contributed by atoms with van der Waals surface area (Å²) in [5, 5.41) is 0.756. The maximum atomic E-state index is 12.2. The quantitative estimate of drug-likeness (QED) is 0.621. The zero-order valence-electron chi connectivity index (χ0n) is 15.2. The van der Waals surface area contributed by atoms with Crippen molar-refractivity contribution in [3.8, 4) is 0 Å². The van der Waals surface area contributed by atoms with E-state index in [4.69, 9.17) is 9.15 Å². The van der Waals surface area contributed by atoms with Gasteiger partial charge in [-0.1, -0.05) is 18.6 Å². The summed E-state index contributed by atoms with van der Waals surface area (Å²) >= 11 is 0. The van der Waals surface area contributed by atoms with Gasteiger partial charge in [0.2, 0.25) is 5.91 Å². The van der Waals surface area contributed by atoms with E-state index >= 15 is 0 Å². The van der Waals surface area contributed by atoms with Crippen molar-refractivity contribution in [3.63, 3.8) is 0 Å². The van der Waals surface area contributed by atoms with Crippen LogP contribution >= 0.6 is 0 Å². The number of hydrogen-bond donors (Lipinski definition) is 0. The summed E-state index contributed by atoms with van der Waals surface area (Å²) in [4.78, 5) is 37.6. The van der Waals surface area contributed by atoms with Crippen molar-refractivity contribution in [1.82, 2.24) is 4.90 Å². The largest absolute Gasteiger partial charge is 0.459 e. The minimum absolute atomic E-state index is 0.00337. The van der Waals surface area contributed by atoms with Crippen molar-refractivity contribution in [2.45, 2.75) is 46.1 Å². The number of likely N-dealkylation sites (tertiary alicyclic amines) is 1. The van der Waals surface area contributed by atoms with Crippen LogP contribution in [0.1, 0.15) is 42.4 Å². The van der Waals surface area contributed by atoms with Gasteiger partial charge in [-0.15, -0.1) is 0 Å². The third-order valence-electron chi connectivity index (χ3n) is 4.90. The van der Waals surface area contributed by atoms with Gasteiger partial charge >= 0.3 is 11.6 Å². The molecular formula is C20H23NO5. The molecule has 1 aromatic heterocycles. The van der Waals surface area contributed by atoms with Gasteiger partial charge in [0, 0.05) is 30.0 Å². The van der Waals surface area contributed by atoms with Gasteiger partial charge in [0.25, 0.3) is 0 Å². The van der Waals surface area contributed by atoms with Crippen LogP contribution in [0.5, 0.6) is 0 Å². The fourth-order valence-corrected chi connectivity index (χ4v) is 3.21. The molecule has 1 saturated heterocycles. The van der Waals surface area contributed by atoms with Crippen molar-refractivity contribution in [2.75, 3.05) is 13.1 Å². The number of amides is 1. The van der Waals surface area contributed by atoms with Crippen LogP contribution in [0.4, 0.5) is 0 Å². The van der Waals surface area contributed by atoms with E-state index in [1.165, 1.54) is 6.07 Å². The summed E-state index contributed by atoms with van der Waals surface area (Å²) in [5.74, 6) is -0.471. The SMILES string of the molecule is Cc1ccc2c(COC(=O)CN3CCCCCC3=O)cc(=O)oc2c1C. The molecule has 6 nitrogen and oxygen atoms in total. The number of aryl methyl sites for hydroxylation is 2. The third kappa shape index (κ3) is 3.95. The minimum Gasteiger partial charge on any atom is -0.459 e. The average Bonchev–Trinajstić information content (AvgIpc) is 2.81. The molecule has 0 saturated carbocycles. The monoisotopic (exact) mass is 357 g/mol. The molecule has 6 heteroatoms. The van der Waals surface area contributed by atoms with Gasteiger partial charge in [0.1, 0.15) is 18.7 Å². The fourth-order valence-electron chi connectivity index (χ4n) is 3.21. The second kappa shape index (κ2) is 7.72. The van der Waals surface area contributed by atoms with E-state index in [2.05, 4.69) is 0 Å². The molecule has 0 bridgehead atoms. The van der Waals surface area contributed by atoms with Crippen molar-refractivity contribution in [2.24, 2.45) is 0 Å². The van der Waals surface area contributed by atoms with Crippen LogP contribution in [0.2, 0.25) is 0 Å². The predicted molar refractivity (Wildman–Crippen MR) is 96.8 cm³/mol. The Morgan fingerprint density at radius 3 is 2.81 bits per heavy atom. The van der Waals surface area contributed by atoms with Crippen LogP contribution in [0.3, 0.4) is 0 Å². The molecule has 0 atom stereocenters. The van der Waals surface area contributed by atoms with Crippen molar-refractivity contribution in [3.05, 3.63) is 45.3 Å². The van der Waals surface area contributed by atoms with Crippen molar-refractivity contribution >= 4 is 22.8 Å². The van der Waals surface area contributed by atoms with Gasteiger partial charge in [-0.25, -0.2) is 4.79 Å². The minimum atomic E-state index is -0.472. The Hall–Kier alpha value is -2.63. The molecular weight excluding hydrogens is 334 g/mol. The first kappa shape index (κ1) is 18.2. The summed E-state index contributed by atoms with van der Waals surface area (Å²) in [5.41, 5.74) is 2.57. The molecule has 26 heavy (non-hydrogen) atoms. The number of benzene rings is 1. The molecule has 2 aromatic rings. The Morgan fingerprint density at radius 2 is 2.00 bits per heavy atom. The zero-order chi connectivity index (χ0) is 18.7. The average molecular weight is 357 g/mol. The van der Waals surface area contributed by atoms with Gasteiger partial charge in [0.05, 0.1) is 0 Å². The van der Waals surface area contributed by atoms with Crippen molar-refractivity contribution in [1.29, 1.82) is 0 Å². The standard InChI is InChI=1S/C20H23NO5/c1-13-7-8-16-15(10-18(23)26-20(16)14(13)2)12-25-19(24)11-21-9-5-3-4-6-17(21)22/h7-8,10H,3-6,9,11-12H2,1-2H3. The van der Waals surface area contributed by atoms with Crippen LogP contribution < -0.4 is 5.63 Å². The maximum absolute atomic E-state index is 12.2. The van der Waals surface area contributed by atoms with Gasteiger partial charge in [0.15, 0.2) is 0 Å². The zero-order valence-corrected chi connectivity index (χ0v) is 15.2. The van der Waals surface area contributed by atoms with Crippen LogP contribution in [0, 0.1) is 13.8 Å². The second-order valence-electron chi connectivity index (χ2n) is 6.76. The highest BCUT2D eigenvalue weighted by Gasteiger charge is 2.20. The maximum Gasteiger partial charge on any atom is 0.336 e.